The molecule has 0 radical (unpaired) electrons. The Morgan fingerprint density at radius 2 is 2.05 bits per heavy atom. The molecule has 3 nitrogen and oxygen atoms in total. The monoisotopic (exact) mass is 291 g/mol. The fraction of sp³-hybridized carbons (Fsp3) is 0.667. The molecule has 1 heterocycles. The van der Waals surface area contributed by atoms with E-state index in [1.807, 2.05) is 6.07 Å². The number of para-hydroxylation sites is 1. The van der Waals surface area contributed by atoms with E-state index < -0.39 is 0 Å². The van der Waals surface area contributed by atoms with E-state index in [1.165, 1.54) is 5.56 Å². The van der Waals surface area contributed by atoms with Crippen molar-refractivity contribution in [3.63, 3.8) is 0 Å². The zero-order valence-corrected chi connectivity index (χ0v) is 14.2. The van der Waals surface area contributed by atoms with Crippen molar-refractivity contribution in [2.24, 2.45) is 5.92 Å². The Hall–Kier alpha value is -1.22. The fourth-order valence-electron chi connectivity index (χ4n) is 2.47. The summed E-state index contributed by atoms with van der Waals surface area (Å²) in [6.45, 7) is 14.6. The molecule has 0 amide bonds. The summed E-state index contributed by atoms with van der Waals surface area (Å²) >= 11 is 0. The Bertz CT molecular complexity index is 488. The molecule has 0 spiro atoms. The topological polar surface area (TPSA) is 30.5 Å². The lowest BCUT2D eigenvalue weighted by Gasteiger charge is -2.24. The van der Waals surface area contributed by atoms with Crippen LogP contribution in [-0.4, -0.2) is 24.3 Å². The van der Waals surface area contributed by atoms with Gasteiger partial charge in [-0.2, -0.15) is 0 Å². The van der Waals surface area contributed by atoms with Crippen molar-refractivity contribution in [2.75, 3.05) is 13.2 Å². The Morgan fingerprint density at radius 3 is 2.71 bits per heavy atom. The van der Waals surface area contributed by atoms with Crippen LogP contribution in [0.4, 0.5) is 0 Å². The van der Waals surface area contributed by atoms with Gasteiger partial charge in [0.25, 0.3) is 0 Å². The van der Waals surface area contributed by atoms with Crippen molar-refractivity contribution in [3.8, 4) is 11.5 Å². The summed E-state index contributed by atoms with van der Waals surface area (Å²) < 4.78 is 12.0. The van der Waals surface area contributed by atoms with Crippen LogP contribution < -0.4 is 14.8 Å². The maximum absolute atomic E-state index is 6.03. The first-order chi connectivity index (χ1) is 9.66. The van der Waals surface area contributed by atoms with Crippen molar-refractivity contribution in [1.29, 1.82) is 0 Å². The third kappa shape index (κ3) is 4.63. The van der Waals surface area contributed by atoms with Crippen LogP contribution in [0.25, 0.3) is 0 Å². The van der Waals surface area contributed by atoms with Gasteiger partial charge in [-0.3, -0.25) is 0 Å². The smallest absolute Gasteiger partial charge is 0.165 e. The maximum Gasteiger partial charge on any atom is 0.165 e. The van der Waals surface area contributed by atoms with E-state index in [1.54, 1.807) is 0 Å². The first-order valence-electron chi connectivity index (χ1n) is 7.85. The summed E-state index contributed by atoms with van der Waals surface area (Å²) in [7, 11) is 0. The molecule has 1 aliphatic heterocycles. The van der Waals surface area contributed by atoms with Crippen LogP contribution in [0.2, 0.25) is 0 Å². The molecule has 1 aromatic rings. The first-order valence-corrected chi connectivity index (χ1v) is 7.85. The van der Waals surface area contributed by atoms with E-state index in [-0.39, 0.29) is 11.1 Å². The minimum atomic E-state index is -0.124. The van der Waals surface area contributed by atoms with Gasteiger partial charge in [0, 0.05) is 30.0 Å². The fourth-order valence-corrected chi connectivity index (χ4v) is 2.47. The minimum Gasteiger partial charge on any atom is -0.489 e. The molecule has 118 valence electrons. The lowest BCUT2D eigenvalue weighted by molar-refractivity contribution is 0.130. The number of hydrogen-bond donors (Lipinski definition) is 1. The maximum atomic E-state index is 6.03. The van der Waals surface area contributed by atoms with E-state index in [0.29, 0.717) is 12.5 Å². The zero-order chi connectivity index (χ0) is 15.7. The molecule has 2 rings (SSSR count). The van der Waals surface area contributed by atoms with Gasteiger partial charge in [0.2, 0.25) is 0 Å². The molecule has 1 atom stereocenters. The predicted molar refractivity (Wildman–Crippen MR) is 87.3 cm³/mol. The van der Waals surface area contributed by atoms with Crippen molar-refractivity contribution >= 4 is 0 Å². The van der Waals surface area contributed by atoms with Gasteiger partial charge in [-0.25, -0.2) is 0 Å². The zero-order valence-electron chi connectivity index (χ0n) is 14.2. The summed E-state index contributed by atoms with van der Waals surface area (Å²) in [6.07, 6.45) is 0.945. The van der Waals surface area contributed by atoms with E-state index in [9.17, 15) is 0 Å². The number of rotatable bonds is 5. The molecule has 0 bridgehead atoms. The lowest BCUT2D eigenvalue weighted by Crippen LogP contribution is -2.39. The lowest BCUT2D eigenvalue weighted by atomic mass is 10.0. The van der Waals surface area contributed by atoms with Gasteiger partial charge in [-0.15, -0.1) is 0 Å². The Balaban J connectivity index is 1.92. The van der Waals surface area contributed by atoms with Gasteiger partial charge >= 0.3 is 0 Å². The summed E-state index contributed by atoms with van der Waals surface area (Å²) in [6, 6.07) is 6.18. The van der Waals surface area contributed by atoms with Crippen molar-refractivity contribution in [3.05, 3.63) is 23.8 Å². The SMILES string of the molecule is CC(CNC(C)(C)C)COc1cccc2c1OC(C)(C)C2. The Labute approximate surface area is 129 Å². The second-order valence-corrected chi connectivity index (χ2v) is 7.83. The van der Waals surface area contributed by atoms with Gasteiger partial charge in [-0.1, -0.05) is 19.1 Å². The minimum absolute atomic E-state index is 0.124. The highest BCUT2D eigenvalue weighted by atomic mass is 16.5. The Morgan fingerprint density at radius 1 is 1.33 bits per heavy atom. The average molecular weight is 291 g/mol. The molecule has 21 heavy (non-hydrogen) atoms. The van der Waals surface area contributed by atoms with Gasteiger partial charge in [0.1, 0.15) is 5.60 Å². The molecule has 0 fully saturated rings. The summed E-state index contributed by atoms with van der Waals surface area (Å²) in [4.78, 5) is 0. The molecule has 0 saturated carbocycles. The highest BCUT2D eigenvalue weighted by Gasteiger charge is 2.32. The van der Waals surface area contributed by atoms with E-state index in [0.717, 1.165) is 24.5 Å². The second kappa shape index (κ2) is 5.88. The average Bonchev–Trinajstić information content (AvgIpc) is 2.67. The Kier molecular flexibility index (Phi) is 4.52. The van der Waals surface area contributed by atoms with Gasteiger partial charge in [-0.05, 0) is 40.7 Å². The standard InChI is InChI=1S/C18H29NO2/c1-13(11-19-17(2,3)4)12-20-15-9-7-8-14-10-18(5,6)21-16(14)15/h7-9,13,19H,10-12H2,1-6H3. The number of fused-ring (bicyclic) bond motifs is 1. The normalized spacial score (nSPS) is 18.0. The predicted octanol–water partition coefficient (Wildman–Crippen LogP) is 3.80. The molecule has 1 unspecified atom stereocenters. The van der Waals surface area contributed by atoms with Gasteiger partial charge < -0.3 is 14.8 Å². The van der Waals surface area contributed by atoms with Gasteiger partial charge in [0.15, 0.2) is 11.5 Å². The van der Waals surface area contributed by atoms with Crippen molar-refractivity contribution in [2.45, 2.75) is 59.1 Å². The third-order valence-corrected chi connectivity index (χ3v) is 3.56. The number of nitrogens with one attached hydrogen (secondary N) is 1. The number of benzene rings is 1. The van der Waals surface area contributed by atoms with Crippen LogP contribution in [0, 0.1) is 5.92 Å². The highest BCUT2D eigenvalue weighted by molar-refractivity contribution is 5.50. The van der Waals surface area contributed by atoms with Crippen LogP contribution in [0.15, 0.2) is 18.2 Å². The summed E-state index contributed by atoms with van der Waals surface area (Å²) in [5.41, 5.74) is 1.27. The van der Waals surface area contributed by atoms with E-state index in [2.05, 4.69) is 59.0 Å². The van der Waals surface area contributed by atoms with Crippen LogP contribution >= 0.6 is 0 Å². The molecule has 1 aromatic carbocycles. The summed E-state index contributed by atoms with van der Waals surface area (Å²) in [5, 5.41) is 3.51. The third-order valence-electron chi connectivity index (χ3n) is 3.56. The van der Waals surface area contributed by atoms with Crippen LogP contribution in [0.3, 0.4) is 0 Å². The molecular weight excluding hydrogens is 262 g/mol. The van der Waals surface area contributed by atoms with Crippen molar-refractivity contribution < 1.29 is 9.47 Å². The second-order valence-electron chi connectivity index (χ2n) is 7.83. The van der Waals surface area contributed by atoms with Crippen LogP contribution in [-0.2, 0) is 6.42 Å². The van der Waals surface area contributed by atoms with E-state index in [4.69, 9.17) is 9.47 Å². The summed E-state index contributed by atoms with van der Waals surface area (Å²) in [5.74, 6) is 2.26. The van der Waals surface area contributed by atoms with Crippen LogP contribution in [0.1, 0.15) is 47.1 Å². The molecule has 1 N–H and O–H groups in total. The molecule has 0 aromatic heterocycles. The van der Waals surface area contributed by atoms with Crippen LogP contribution in [0.5, 0.6) is 11.5 Å². The largest absolute Gasteiger partial charge is 0.489 e. The number of ether oxygens (including phenoxy) is 2. The quantitative estimate of drug-likeness (QED) is 0.895. The van der Waals surface area contributed by atoms with Crippen molar-refractivity contribution in [1.82, 2.24) is 5.32 Å². The molecule has 3 heteroatoms. The molecule has 0 saturated heterocycles. The van der Waals surface area contributed by atoms with E-state index >= 15 is 0 Å². The highest BCUT2D eigenvalue weighted by Crippen LogP contribution is 2.41. The molecular formula is C18H29NO2. The first kappa shape index (κ1) is 16.2. The number of hydrogen-bond acceptors (Lipinski definition) is 3. The molecule has 1 aliphatic rings. The molecule has 0 aliphatic carbocycles. The van der Waals surface area contributed by atoms with Gasteiger partial charge in [0.05, 0.1) is 6.61 Å².